The second kappa shape index (κ2) is 7.19. The maximum atomic E-state index is 11.7. The van der Waals surface area contributed by atoms with Crippen LogP contribution in [0.25, 0.3) is 0 Å². The van der Waals surface area contributed by atoms with Crippen molar-refractivity contribution in [3.63, 3.8) is 0 Å². The van der Waals surface area contributed by atoms with Gasteiger partial charge in [-0.25, -0.2) is 4.79 Å². The second-order valence-electron chi connectivity index (χ2n) is 3.37. The van der Waals surface area contributed by atoms with E-state index in [2.05, 4.69) is 0 Å². The van der Waals surface area contributed by atoms with E-state index in [9.17, 15) is 4.79 Å². The highest BCUT2D eigenvalue weighted by molar-refractivity contribution is 7.99. The van der Waals surface area contributed by atoms with Gasteiger partial charge in [0, 0.05) is 22.9 Å². The molecular formula is C12H17NO3S. The van der Waals surface area contributed by atoms with Crippen LogP contribution in [0.3, 0.4) is 0 Å². The Hall–Kier alpha value is -1.20. The fourth-order valence-electron chi connectivity index (χ4n) is 1.32. The fraction of sp³-hybridized carbons (Fsp3) is 0.417. The number of anilines is 1. The zero-order valence-corrected chi connectivity index (χ0v) is 10.6. The Kier molecular flexibility index (Phi) is 5.86. The molecule has 1 aromatic carbocycles. The van der Waals surface area contributed by atoms with Crippen molar-refractivity contribution in [1.82, 2.24) is 0 Å². The van der Waals surface area contributed by atoms with Crippen LogP contribution in [0, 0.1) is 0 Å². The van der Waals surface area contributed by atoms with E-state index in [0.717, 1.165) is 10.6 Å². The van der Waals surface area contributed by atoms with Gasteiger partial charge in [0.25, 0.3) is 0 Å². The number of carbonyl (C=O) groups excluding carboxylic acids is 1. The number of aliphatic hydroxyl groups is 1. The number of esters is 1. The van der Waals surface area contributed by atoms with Crippen molar-refractivity contribution in [3.05, 3.63) is 23.8 Å². The van der Waals surface area contributed by atoms with E-state index in [1.54, 1.807) is 25.1 Å². The number of carbonyl (C=O) groups is 1. The molecule has 0 aliphatic carbocycles. The lowest BCUT2D eigenvalue weighted by Gasteiger charge is -2.10. The van der Waals surface area contributed by atoms with E-state index in [4.69, 9.17) is 15.6 Å². The van der Waals surface area contributed by atoms with E-state index < -0.39 is 0 Å². The average Bonchev–Trinajstić information content (AvgIpc) is 2.31. The number of hydrogen-bond donors (Lipinski definition) is 2. The molecule has 0 bridgehead atoms. The highest BCUT2D eigenvalue weighted by Crippen LogP contribution is 2.29. The summed E-state index contributed by atoms with van der Waals surface area (Å²) in [5.41, 5.74) is 6.91. The van der Waals surface area contributed by atoms with E-state index >= 15 is 0 Å². The van der Waals surface area contributed by atoms with Crippen LogP contribution < -0.4 is 5.73 Å². The van der Waals surface area contributed by atoms with Crippen molar-refractivity contribution in [3.8, 4) is 0 Å². The summed E-state index contributed by atoms with van der Waals surface area (Å²) in [4.78, 5) is 12.4. The Morgan fingerprint density at radius 3 is 2.94 bits per heavy atom. The quantitative estimate of drug-likeness (QED) is 0.351. The van der Waals surface area contributed by atoms with Gasteiger partial charge in [0.2, 0.25) is 0 Å². The van der Waals surface area contributed by atoms with Gasteiger partial charge in [-0.3, -0.25) is 0 Å². The number of benzene rings is 1. The first-order chi connectivity index (χ1) is 8.20. The summed E-state index contributed by atoms with van der Waals surface area (Å²) in [7, 11) is 0. The number of rotatable bonds is 6. The summed E-state index contributed by atoms with van der Waals surface area (Å²) in [6.45, 7) is 2.24. The minimum atomic E-state index is -0.355. The molecule has 0 aromatic heterocycles. The zero-order chi connectivity index (χ0) is 12.7. The molecule has 0 unspecified atom stereocenters. The standard InChI is InChI=1S/C12H17NO3S/c1-2-16-12(15)9-5-3-6-10(13)11(9)17-8-4-7-14/h3,5-6,14H,2,4,7-8,13H2,1H3. The first-order valence-corrected chi connectivity index (χ1v) is 6.48. The van der Waals surface area contributed by atoms with Crippen LogP contribution in [0.5, 0.6) is 0 Å². The van der Waals surface area contributed by atoms with Gasteiger partial charge in [-0.1, -0.05) is 6.07 Å². The molecule has 3 N–H and O–H groups in total. The number of aliphatic hydroxyl groups excluding tert-OH is 1. The summed E-state index contributed by atoms with van der Waals surface area (Å²) in [5.74, 6) is 0.364. The Labute approximate surface area is 105 Å². The van der Waals surface area contributed by atoms with Crippen molar-refractivity contribution in [1.29, 1.82) is 0 Å². The Morgan fingerprint density at radius 1 is 1.53 bits per heavy atom. The predicted octanol–water partition coefficient (Wildman–Crippen LogP) is 1.92. The number of nitrogen functional groups attached to an aromatic ring is 1. The molecule has 17 heavy (non-hydrogen) atoms. The molecule has 0 aliphatic heterocycles. The lowest BCUT2D eigenvalue weighted by Crippen LogP contribution is -2.07. The summed E-state index contributed by atoms with van der Waals surface area (Å²) < 4.78 is 4.97. The van der Waals surface area contributed by atoms with Crippen LogP contribution in [-0.4, -0.2) is 30.0 Å². The molecule has 5 heteroatoms. The summed E-state index contributed by atoms with van der Waals surface area (Å²) >= 11 is 1.47. The van der Waals surface area contributed by atoms with Gasteiger partial charge in [0.15, 0.2) is 0 Å². The van der Waals surface area contributed by atoms with E-state index in [-0.39, 0.29) is 12.6 Å². The molecule has 0 atom stereocenters. The number of ether oxygens (including phenoxy) is 1. The second-order valence-corrected chi connectivity index (χ2v) is 4.48. The summed E-state index contributed by atoms with van der Waals surface area (Å²) in [6, 6.07) is 5.19. The van der Waals surface area contributed by atoms with Crippen molar-refractivity contribution < 1.29 is 14.6 Å². The van der Waals surface area contributed by atoms with E-state index in [1.807, 2.05) is 0 Å². The van der Waals surface area contributed by atoms with Crippen LogP contribution in [0.4, 0.5) is 5.69 Å². The lowest BCUT2D eigenvalue weighted by molar-refractivity contribution is 0.0522. The van der Waals surface area contributed by atoms with Crippen LogP contribution in [0.1, 0.15) is 23.7 Å². The molecule has 0 saturated carbocycles. The minimum absolute atomic E-state index is 0.133. The fourth-order valence-corrected chi connectivity index (χ4v) is 2.34. The Bertz CT molecular complexity index is 382. The third-order valence-electron chi connectivity index (χ3n) is 2.09. The van der Waals surface area contributed by atoms with Crippen LogP contribution in [-0.2, 0) is 4.74 Å². The van der Waals surface area contributed by atoms with Gasteiger partial charge in [0.05, 0.1) is 12.2 Å². The van der Waals surface area contributed by atoms with Gasteiger partial charge >= 0.3 is 5.97 Å². The summed E-state index contributed by atoms with van der Waals surface area (Å²) in [5, 5.41) is 8.74. The van der Waals surface area contributed by atoms with Gasteiger partial charge in [-0.15, -0.1) is 11.8 Å². The van der Waals surface area contributed by atoms with Gasteiger partial charge in [-0.2, -0.15) is 0 Å². The molecule has 0 radical (unpaired) electrons. The molecular weight excluding hydrogens is 238 g/mol. The Morgan fingerprint density at radius 2 is 2.29 bits per heavy atom. The molecule has 1 aromatic rings. The summed E-state index contributed by atoms with van der Waals surface area (Å²) in [6.07, 6.45) is 0.668. The first-order valence-electron chi connectivity index (χ1n) is 5.50. The molecule has 1 rings (SSSR count). The number of hydrogen-bond acceptors (Lipinski definition) is 5. The van der Waals surface area contributed by atoms with Crippen LogP contribution in [0.15, 0.2) is 23.1 Å². The maximum absolute atomic E-state index is 11.7. The monoisotopic (exact) mass is 255 g/mol. The highest BCUT2D eigenvalue weighted by Gasteiger charge is 2.14. The highest BCUT2D eigenvalue weighted by atomic mass is 32.2. The minimum Gasteiger partial charge on any atom is -0.462 e. The lowest BCUT2D eigenvalue weighted by atomic mass is 10.2. The predicted molar refractivity (Wildman–Crippen MR) is 69.2 cm³/mol. The van der Waals surface area contributed by atoms with Crippen LogP contribution >= 0.6 is 11.8 Å². The first kappa shape index (κ1) is 13.9. The van der Waals surface area contributed by atoms with Gasteiger partial charge in [0.1, 0.15) is 0 Å². The molecule has 0 fully saturated rings. The zero-order valence-electron chi connectivity index (χ0n) is 9.81. The number of thioether (sulfide) groups is 1. The molecule has 4 nitrogen and oxygen atoms in total. The SMILES string of the molecule is CCOC(=O)c1cccc(N)c1SCCCO. The van der Waals surface area contributed by atoms with Crippen molar-refractivity contribution in [2.45, 2.75) is 18.2 Å². The van der Waals surface area contributed by atoms with Crippen LogP contribution in [0.2, 0.25) is 0 Å². The third kappa shape index (κ3) is 3.94. The van der Waals surface area contributed by atoms with E-state index in [0.29, 0.717) is 24.3 Å². The van der Waals surface area contributed by atoms with Gasteiger partial charge in [-0.05, 0) is 25.5 Å². The van der Waals surface area contributed by atoms with Crippen molar-refractivity contribution in [2.24, 2.45) is 0 Å². The topological polar surface area (TPSA) is 72.5 Å². The Balaban J connectivity index is 2.87. The molecule has 94 valence electrons. The smallest absolute Gasteiger partial charge is 0.339 e. The van der Waals surface area contributed by atoms with Crippen molar-refractivity contribution in [2.75, 3.05) is 24.7 Å². The molecule has 0 spiro atoms. The third-order valence-corrected chi connectivity index (χ3v) is 3.33. The number of nitrogens with two attached hydrogens (primary N) is 1. The largest absolute Gasteiger partial charge is 0.462 e. The molecule has 0 aliphatic rings. The van der Waals surface area contributed by atoms with Crippen molar-refractivity contribution >= 4 is 23.4 Å². The molecule has 0 amide bonds. The maximum Gasteiger partial charge on any atom is 0.339 e. The van der Waals surface area contributed by atoms with Gasteiger partial charge < -0.3 is 15.6 Å². The molecule has 0 heterocycles. The average molecular weight is 255 g/mol. The normalized spacial score (nSPS) is 10.2. The van der Waals surface area contributed by atoms with E-state index in [1.165, 1.54) is 11.8 Å². The molecule has 0 saturated heterocycles.